The minimum atomic E-state index is -0.908. The maximum atomic E-state index is 11.6. The largest absolute Gasteiger partial charge is 0.497 e. The predicted octanol–water partition coefficient (Wildman–Crippen LogP) is 1.18. The summed E-state index contributed by atoms with van der Waals surface area (Å²) in [5, 5.41) is 9.56. The van der Waals surface area contributed by atoms with Gasteiger partial charge in [0.2, 0.25) is 0 Å². The van der Waals surface area contributed by atoms with Crippen LogP contribution in [0.15, 0.2) is 24.3 Å². The Balaban J connectivity index is 0.00000144. The van der Waals surface area contributed by atoms with Crippen molar-refractivity contribution in [2.45, 2.75) is 25.5 Å². The van der Waals surface area contributed by atoms with Gasteiger partial charge in [0.05, 0.1) is 12.6 Å². The van der Waals surface area contributed by atoms with E-state index < -0.39 is 11.6 Å². The van der Waals surface area contributed by atoms with Crippen LogP contribution >= 0.6 is 0 Å². The Bertz CT molecular complexity index is 416. The van der Waals surface area contributed by atoms with Crippen molar-refractivity contribution in [2.75, 3.05) is 12.0 Å². The number of amides is 1. The first kappa shape index (κ1) is 15.0. The number of anilines is 1. The average molecular weight is 448 g/mol. The Morgan fingerprint density at radius 2 is 1.82 bits per heavy atom. The predicted molar refractivity (Wildman–Crippen MR) is 60.6 cm³/mol. The van der Waals surface area contributed by atoms with E-state index in [4.69, 9.17) is 4.74 Å². The van der Waals surface area contributed by atoms with E-state index in [1.165, 1.54) is 0 Å². The molecule has 0 aliphatic carbocycles. The molecular formula is C12H15AcNO3. The van der Waals surface area contributed by atoms with Crippen molar-refractivity contribution in [3.8, 4) is 5.75 Å². The van der Waals surface area contributed by atoms with Crippen molar-refractivity contribution in [3.63, 3.8) is 0 Å². The first-order chi connectivity index (χ1) is 7.48. The van der Waals surface area contributed by atoms with Gasteiger partial charge in [0, 0.05) is 49.7 Å². The first-order valence-corrected chi connectivity index (χ1v) is 5.14. The molecule has 0 saturated carbocycles. The van der Waals surface area contributed by atoms with Crippen molar-refractivity contribution in [1.29, 1.82) is 0 Å². The number of rotatable bonds is 2. The summed E-state index contributed by atoms with van der Waals surface area (Å²) in [7, 11) is 1.59. The average Bonchev–Trinajstić information content (AvgIpc) is 2.29. The van der Waals surface area contributed by atoms with E-state index in [9.17, 15) is 9.90 Å². The van der Waals surface area contributed by atoms with E-state index in [1.807, 2.05) is 26.0 Å². The third-order valence-electron chi connectivity index (χ3n) is 3.03. The van der Waals surface area contributed by atoms with E-state index >= 15 is 0 Å². The number of ether oxygens (including phenoxy) is 1. The molecule has 1 amide bonds. The van der Waals surface area contributed by atoms with Crippen LogP contribution in [-0.4, -0.2) is 29.8 Å². The fourth-order valence-corrected chi connectivity index (χ4v) is 1.96. The Kier molecular flexibility index (Phi) is 4.62. The standard InChI is InChI=1S/C12H15NO3.Ac/c1-12(2)10(14)11(15)13(12)8-4-6-9(16-3)7-5-8;/h4-7,10,14H,1-3H3;. The van der Waals surface area contributed by atoms with Gasteiger partial charge in [0.15, 0.2) is 6.10 Å². The number of carbonyl (C=O) groups excluding carboxylic acids is 1. The molecule has 1 aromatic carbocycles. The summed E-state index contributed by atoms with van der Waals surface area (Å²) in [5.41, 5.74) is 0.243. The van der Waals surface area contributed by atoms with Crippen molar-refractivity contribution in [3.05, 3.63) is 24.3 Å². The van der Waals surface area contributed by atoms with Crippen molar-refractivity contribution < 1.29 is 58.7 Å². The van der Waals surface area contributed by atoms with Crippen molar-refractivity contribution in [2.24, 2.45) is 0 Å². The number of hydrogen-bond acceptors (Lipinski definition) is 3. The van der Waals surface area contributed by atoms with Crippen LogP contribution in [0.3, 0.4) is 0 Å². The normalized spacial score (nSPS) is 21.5. The van der Waals surface area contributed by atoms with Crippen LogP contribution in [0.25, 0.3) is 0 Å². The van der Waals surface area contributed by atoms with Gasteiger partial charge in [-0.15, -0.1) is 0 Å². The van der Waals surface area contributed by atoms with E-state index in [1.54, 1.807) is 24.1 Å². The molecule has 0 aromatic heterocycles. The Morgan fingerprint density at radius 3 is 2.24 bits per heavy atom. The molecule has 1 radical (unpaired) electrons. The van der Waals surface area contributed by atoms with Gasteiger partial charge in [0.25, 0.3) is 5.91 Å². The van der Waals surface area contributed by atoms with Gasteiger partial charge >= 0.3 is 0 Å². The molecule has 1 fully saturated rings. The summed E-state index contributed by atoms with van der Waals surface area (Å²) < 4.78 is 5.05. The Morgan fingerprint density at radius 1 is 1.29 bits per heavy atom. The summed E-state index contributed by atoms with van der Waals surface area (Å²) in [6.45, 7) is 3.67. The molecule has 0 spiro atoms. The summed E-state index contributed by atoms with van der Waals surface area (Å²) in [6.07, 6.45) is -0.908. The van der Waals surface area contributed by atoms with E-state index in [2.05, 4.69) is 0 Å². The zero-order chi connectivity index (χ0) is 11.9. The molecular weight excluding hydrogens is 433 g/mol. The minimum Gasteiger partial charge on any atom is -0.497 e. The number of benzene rings is 1. The molecule has 1 N–H and O–H groups in total. The Hall–Kier alpha value is -0.108. The smallest absolute Gasteiger partial charge is 0.258 e. The fraction of sp³-hybridized carbons (Fsp3) is 0.417. The van der Waals surface area contributed by atoms with Crippen LogP contribution in [0.4, 0.5) is 5.69 Å². The molecule has 1 aromatic rings. The Labute approximate surface area is 137 Å². The number of nitrogens with zero attached hydrogens (tertiary/aromatic N) is 1. The maximum absolute atomic E-state index is 11.6. The zero-order valence-electron chi connectivity index (χ0n) is 10.2. The third-order valence-corrected chi connectivity index (χ3v) is 3.03. The zero-order valence-corrected chi connectivity index (χ0v) is 14.9. The van der Waals surface area contributed by atoms with Crippen LogP contribution in [-0.2, 0) is 4.79 Å². The van der Waals surface area contributed by atoms with Crippen molar-refractivity contribution >= 4 is 11.6 Å². The monoisotopic (exact) mass is 448 g/mol. The van der Waals surface area contributed by atoms with Crippen LogP contribution in [0.2, 0.25) is 0 Å². The number of aliphatic hydroxyl groups excluding tert-OH is 1. The quantitative estimate of drug-likeness (QED) is 0.692. The molecule has 2 rings (SSSR count). The number of carbonyl (C=O) groups is 1. The van der Waals surface area contributed by atoms with Gasteiger partial charge in [-0.3, -0.25) is 4.79 Å². The molecule has 1 heterocycles. The van der Waals surface area contributed by atoms with Crippen LogP contribution < -0.4 is 9.64 Å². The van der Waals surface area contributed by atoms with Gasteiger partial charge in [0.1, 0.15) is 5.75 Å². The molecule has 1 aliphatic rings. The maximum Gasteiger partial charge on any atom is 0.258 e. The van der Waals surface area contributed by atoms with Gasteiger partial charge in [-0.1, -0.05) is 0 Å². The molecule has 89 valence electrons. The molecule has 1 atom stereocenters. The fourth-order valence-electron chi connectivity index (χ4n) is 1.96. The summed E-state index contributed by atoms with van der Waals surface area (Å²) in [6, 6.07) is 7.21. The molecule has 5 heteroatoms. The molecule has 0 bridgehead atoms. The minimum absolute atomic E-state index is 0. The second kappa shape index (κ2) is 5.26. The van der Waals surface area contributed by atoms with Crippen LogP contribution in [0.5, 0.6) is 5.75 Å². The van der Waals surface area contributed by atoms with E-state index in [-0.39, 0.29) is 50.0 Å². The van der Waals surface area contributed by atoms with Gasteiger partial charge < -0.3 is 14.7 Å². The van der Waals surface area contributed by atoms with Gasteiger partial charge in [-0.05, 0) is 38.1 Å². The number of methoxy groups -OCH3 is 1. The van der Waals surface area contributed by atoms with Crippen LogP contribution in [0, 0.1) is 44.1 Å². The van der Waals surface area contributed by atoms with E-state index in [0.29, 0.717) is 0 Å². The topological polar surface area (TPSA) is 49.8 Å². The number of hydrogen-bond donors (Lipinski definition) is 1. The number of β-lactam (4-membered cyclic amide) rings is 1. The third kappa shape index (κ3) is 2.38. The molecule has 1 unspecified atom stereocenters. The molecule has 1 aliphatic heterocycles. The second-order valence-corrected chi connectivity index (χ2v) is 4.43. The molecule has 17 heavy (non-hydrogen) atoms. The second-order valence-electron chi connectivity index (χ2n) is 4.43. The van der Waals surface area contributed by atoms with E-state index in [0.717, 1.165) is 11.4 Å². The number of aliphatic hydroxyl groups is 1. The summed E-state index contributed by atoms with van der Waals surface area (Å²) >= 11 is 0. The summed E-state index contributed by atoms with van der Waals surface area (Å²) in [4.78, 5) is 13.2. The van der Waals surface area contributed by atoms with Crippen molar-refractivity contribution in [1.82, 2.24) is 0 Å². The SMILES string of the molecule is COc1ccc(N2C(=O)C(O)C2(C)C)cc1.[Ac]. The van der Waals surface area contributed by atoms with Gasteiger partial charge in [-0.25, -0.2) is 0 Å². The van der Waals surface area contributed by atoms with Gasteiger partial charge in [-0.2, -0.15) is 0 Å². The molecule has 4 nitrogen and oxygen atoms in total. The molecule has 1 saturated heterocycles. The van der Waals surface area contributed by atoms with Crippen LogP contribution in [0.1, 0.15) is 13.8 Å². The first-order valence-electron chi connectivity index (χ1n) is 5.14. The summed E-state index contributed by atoms with van der Waals surface area (Å²) in [5.74, 6) is 0.491.